The van der Waals surface area contributed by atoms with Gasteiger partial charge in [0, 0.05) is 25.3 Å². The molecule has 0 aliphatic carbocycles. The minimum atomic E-state index is -0.835. The number of piperidine rings is 1. The van der Waals surface area contributed by atoms with Crippen LogP contribution in [-0.2, 0) is 0 Å². The maximum Gasteiger partial charge on any atom is 0.407 e. The molecule has 1 aromatic heterocycles. The molecule has 1 aliphatic rings. The molecule has 0 aromatic carbocycles. The van der Waals surface area contributed by atoms with Crippen molar-refractivity contribution in [1.82, 2.24) is 14.5 Å². The Morgan fingerprint density at radius 2 is 2.20 bits per heavy atom. The van der Waals surface area contributed by atoms with E-state index < -0.39 is 6.09 Å². The number of rotatable bonds is 1. The fourth-order valence-electron chi connectivity index (χ4n) is 1.91. The van der Waals surface area contributed by atoms with Crippen molar-refractivity contribution in [3.8, 4) is 0 Å². The first-order valence-corrected chi connectivity index (χ1v) is 4.93. The summed E-state index contributed by atoms with van der Waals surface area (Å²) in [5, 5.41) is 8.79. The topological polar surface area (TPSA) is 84.4 Å². The van der Waals surface area contributed by atoms with Gasteiger partial charge in [-0.25, -0.2) is 9.78 Å². The molecule has 0 spiro atoms. The zero-order valence-electron chi connectivity index (χ0n) is 8.33. The average Bonchev–Trinajstić information content (AvgIpc) is 2.65. The van der Waals surface area contributed by atoms with Crippen molar-refractivity contribution in [2.75, 3.05) is 18.8 Å². The molecule has 6 nitrogen and oxygen atoms in total. The normalized spacial score (nSPS) is 18.0. The third kappa shape index (κ3) is 2.03. The fourth-order valence-corrected chi connectivity index (χ4v) is 1.91. The number of hydrogen-bond acceptors (Lipinski definition) is 3. The second kappa shape index (κ2) is 3.80. The summed E-state index contributed by atoms with van der Waals surface area (Å²) in [6.07, 6.45) is 4.31. The predicted octanol–water partition coefficient (Wildman–Crippen LogP) is 0.780. The van der Waals surface area contributed by atoms with Crippen molar-refractivity contribution in [2.45, 2.75) is 18.9 Å². The SMILES string of the molecule is Nc1cn(C2CCN(C(=O)O)CC2)cn1. The second-order valence-electron chi connectivity index (χ2n) is 3.75. The van der Waals surface area contributed by atoms with Gasteiger partial charge in [0.15, 0.2) is 0 Å². The van der Waals surface area contributed by atoms with Crippen LogP contribution in [0.5, 0.6) is 0 Å². The Hall–Kier alpha value is -1.72. The quantitative estimate of drug-likeness (QED) is 0.717. The first kappa shape index (κ1) is 9.82. The lowest BCUT2D eigenvalue weighted by molar-refractivity contribution is 0.125. The van der Waals surface area contributed by atoms with Crippen molar-refractivity contribution in [1.29, 1.82) is 0 Å². The van der Waals surface area contributed by atoms with Crippen LogP contribution < -0.4 is 5.73 Å². The molecule has 0 radical (unpaired) electrons. The third-order valence-corrected chi connectivity index (χ3v) is 2.78. The van der Waals surface area contributed by atoms with E-state index in [-0.39, 0.29) is 0 Å². The van der Waals surface area contributed by atoms with Crippen LogP contribution in [0.25, 0.3) is 0 Å². The van der Waals surface area contributed by atoms with E-state index >= 15 is 0 Å². The lowest BCUT2D eigenvalue weighted by Gasteiger charge is -2.30. The van der Waals surface area contributed by atoms with Crippen LogP contribution in [0.4, 0.5) is 10.6 Å². The van der Waals surface area contributed by atoms with Crippen LogP contribution in [0.15, 0.2) is 12.5 Å². The van der Waals surface area contributed by atoms with Crippen LogP contribution in [-0.4, -0.2) is 38.7 Å². The zero-order valence-corrected chi connectivity index (χ0v) is 8.33. The summed E-state index contributed by atoms with van der Waals surface area (Å²) < 4.78 is 1.97. The molecule has 3 N–H and O–H groups in total. The van der Waals surface area contributed by atoms with Gasteiger partial charge < -0.3 is 20.3 Å². The van der Waals surface area contributed by atoms with Gasteiger partial charge in [-0.2, -0.15) is 0 Å². The Kier molecular flexibility index (Phi) is 2.49. The van der Waals surface area contributed by atoms with Gasteiger partial charge in [0.25, 0.3) is 0 Å². The Morgan fingerprint density at radius 3 is 2.67 bits per heavy atom. The summed E-state index contributed by atoms with van der Waals surface area (Å²) in [4.78, 5) is 16.1. The molecule has 1 aliphatic heterocycles. The Morgan fingerprint density at radius 1 is 1.53 bits per heavy atom. The highest BCUT2D eigenvalue weighted by molar-refractivity contribution is 5.65. The highest BCUT2D eigenvalue weighted by Crippen LogP contribution is 2.22. The van der Waals surface area contributed by atoms with Crippen molar-refractivity contribution in [3.05, 3.63) is 12.5 Å². The van der Waals surface area contributed by atoms with Crippen molar-refractivity contribution in [2.24, 2.45) is 0 Å². The number of likely N-dealkylation sites (tertiary alicyclic amines) is 1. The van der Waals surface area contributed by atoms with Gasteiger partial charge in [0.05, 0.1) is 6.33 Å². The van der Waals surface area contributed by atoms with Crippen LogP contribution >= 0.6 is 0 Å². The molecular formula is C9H14N4O2. The number of nitrogens with zero attached hydrogens (tertiary/aromatic N) is 3. The largest absolute Gasteiger partial charge is 0.465 e. The van der Waals surface area contributed by atoms with E-state index in [4.69, 9.17) is 10.8 Å². The second-order valence-corrected chi connectivity index (χ2v) is 3.75. The van der Waals surface area contributed by atoms with E-state index in [0.29, 0.717) is 24.9 Å². The van der Waals surface area contributed by atoms with Crippen LogP contribution in [0, 0.1) is 0 Å². The summed E-state index contributed by atoms with van der Waals surface area (Å²) in [6.45, 7) is 1.16. The van der Waals surface area contributed by atoms with Gasteiger partial charge in [0.1, 0.15) is 5.82 Å². The summed E-state index contributed by atoms with van der Waals surface area (Å²) in [5.74, 6) is 0.510. The smallest absolute Gasteiger partial charge is 0.407 e. The molecule has 0 atom stereocenters. The average molecular weight is 210 g/mol. The number of carboxylic acid groups (broad SMARTS) is 1. The van der Waals surface area contributed by atoms with Crippen LogP contribution in [0.2, 0.25) is 0 Å². The van der Waals surface area contributed by atoms with E-state index in [9.17, 15) is 4.79 Å². The summed E-state index contributed by atoms with van der Waals surface area (Å²) in [7, 11) is 0. The predicted molar refractivity (Wildman–Crippen MR) is 54.5 cm³/mol. The number of nitrogens with two attached hydrogens (primary N) is 1. The summed E-state index contributed by atoms with van der Waals surface area (Å²) >= 11 is 0. The van der Waals surface area contributed by atoms with E-state index in [1.807, 2.05) is 4.57 Å². The molecule has 0 saturated carbocycles. The van der Waals surface area contributed by atoms with Crippen molar-refractivity contribution >= 4 is 11.9 Å². The van der Waals surface area contributed by atoms with Crippen molar-refractivity contribution < 1.29 is 9.90 Å². The van der Waals surface area contributed by atoms with Gasteiger partial charge in [-0.15, -0.1) is 0 Å². The number of amides is 1. The number of imidazole rings is 1. The summed E-state index contributed by atoms with van der Waals surface area (Å²) in [6, 6.07) is 0.324. The maximum atomic E-state index is 10.7. The lowest BCUT2D eigenvalue weighted by Crippen LogP contribution is -2.37. The number of aromatic nitrogens is 2. The third-order valence-electron chi connectivity index (χ3n) is 2.78. The van der Waals surface area contributed by atoms with E-state index in [0.717, 1.165) is 12.8 Å². The Balaban J connectivity index is 1.96. The number of hydrogen-bond donors (Lipinski definition) is 2. The monoisotopic (exact) mass is 210 g/mol. The molecule has 0 unspecified atom stereocenters. The van der Waals surface area contributed by atoms with E-state index in [1.54, 1.807) is 12.5 Å². The van der Waals surface area contributed by atoms with Gasteiger partial charge in [-0.1, -0.05) is 0 Å². The molecular weight excluding hydrogens is 196 g/mol. The zero-order chi connectivity index (χ0) is 10.8. The lowest BCUT2D eigenvalue weighted by atomic mass is 10.1. The molecule has 82 valence electrons. The highest BCUT2D eigenvalue weighted by atomic mass is 16.4. The Labute approximate surface area is 87.3 Å². The maximum absolute atomic E-state index is 10.7. The van der Waals surface area contributed by atoms with Crippen LogP contribution in [0.1, 0.15) is 18.9 Å². The Bertz CT molecular complexity index is 355. The molecule has 1 saturated heterocycles. The molecule has 1 fully saturated rings. The summed E-state index contributed by atoms with van der Waals surface area (Å²) in [5.41, 5.74) is 5.52. The van der Waals surface area contributed by atoms with Gasteiger partial charge in [-0.05, 0) is 12.8 Å². The molecule has 1 amide bonds. The molecule has 15 heavy (non-hydrogen) atoms. The minimum absolute atomic E-state index is 0.324. The first-order valence-electron chi connectivity index (χ1n) is 4.93. The van der Waals surface area contributed by atoms with Gasteiger partial charge in [0.2, 0.25) is 0 Å². The minimum Gasteiger partial charge on any atom is -0.465 e. The molecule has 6 heteroatoms. The highest BCUT2D eigenvalue weighted by Gasteiger charge is 2.23. The number of carbonyl (C=O) groups is 1. The molecule has 2 heterocycles. The molecule has 0 bridgehead atoms. The first-order chi connectivity index (χ1) is 7.16. The fraction of sp³-hybridized carbons (Fsp3) is 0.556. The molecule has 1 aromatic rings. The van der Waals surface area contributed by atoms with E-state index in [2.05, 4.69) is 4.98 Å². The van der Waals surface area contributed by atoms with Gasteiger partial charge in [-0.3, -0.25) is 0 Å². The van der Waals surface area contributed by atoms with Crippen LogP contribution in [0.3, 0.4) is 0 Å². The standard InChI is InChI=1S/C9H14N4O2/c10-8-5-13(6-11-8)7-1-3-12(4-2-7)9(14)15/h5-7H,1-4,10H2,(H,14,15). The number of anilines is 1. The van der Waals surface area contributed by atoms with Crippen molar-refractivity contribution in [3.63, 3.8) is 0 Å². The number of nitrogen functional groups attached to an aromatic ring is 1. The molecule has 2 rings (SSSR count). The van der Waals surface area contributed by atoms with E-state index in [1.165, 1.54) is 4.90 Å². The van der Waals surface area contributed by atoms with Gasteiger partial charge >= 0.3 is 6.09 Å².